The van der Waals surface area contributed by atoms with Crippen molar-refractivity contribution in [3.8, 4) is 11.5 Å². The Balaban J connectivity index is 1.34. The van der Waals surface area contributed by atoms with Gasteiger partial charge in [0.15, 0.2) is 29.4 Å². The summed E-state index contributed by atoms with van der Waals surface area (Å²) >= 11 is 0. The molecule has 0 aliphatic carbocycles. The van der Waals surface area contributed by atoms with E-state index in [0.717, 1.165) is 16.7 Å². The first-order valence-electron chi connectivity index (χ1n) is 15.8. The van der Waals surface area contributed by atoms with E-state index < -0.39 is 30.2 Å². The number of nitrogens with one attached hydrogen (secondary N) is 1. The number of carbonyl (C=O) groups excluding carboxylic acids is 1. The number of nitrogens with zero attached hydrogens (tertiary/aromatic N) is 4. The summed E-state index contributed by atoms with van der Waals surface area (Å²) in [5.74, 6) is 1.20. The molecule has 1 fully saturated rings. The number of alkyl halides is 1. The summed E-state index contributed by atoms with van der Waals surface area (Å²) < 4.78 is 42.6. The maximum atomic E-state index is 16.6. The van der Waals surface area contributed by atoms with Crippen molar-refractivity contribution in [2.45, 2.75) is 37.1 Å². The van der Waals surface area contributed by atoms with Crippen LogP contribution in [0, 0.1) is 0 Å². The number of halogens is 1. The molecular weight excluding hydrogens is 625 g/mol. The lowest BCUT2D eigenvalue weighted by Crippen LogP contribution is -2.42. The van der Waals surface area contributed by atoms with Gasteiger partial charge in [-0.05, 0) is 60.0 Å². The molecule has 3 heterocycles. The van der Waals surface area contributed by atoms with Crippen LogP contribution in [0.4, 0.5) is 10.2 Å². The number of methoxy groups -OCH3 is 2. The number of aromatic nitrogens is 4. The first-order chi connectivity index (χ1) is 23.9. The van der Waals surface area contributed by atoms with Gasteiger partial charge in [0.2, 0.25) is 0 Å². The molecule has 0 bridgehead atoms. The quantitative estimate of drug-likeness (QED) is 0.161. The zero-order valence-corrected chi connectivity index (χ0v) is 27.1. The summed E-state index contributed by atoms with van der Waals surface area (Å²) in [7, 11) is 3.21. The van der Waals surface area contributed by atoms with Crippen LogP contribution < -0.4 is 14.8 Å². The fraction of sp³-hybridized carbons (Fsp3) is 0.211. The Kier molecular flexibility index (Phi) is 8.77. The van der Waals surface area contributed by atoms with Crippen LogP contribution in [0.25, 0.3) is 11.2 Å². The van der Waals surface area contributed by atoms with Crippen LogP contribution in [0.3, 0.4) is 0 Å². The van der Waals surface area contributed by atoms with Crippen LogP contribution in [0.15, 0.2) is 122 Å². The Morgan fingerprint density at radius 2 is 1.37 bits per heavy atom. The van der Waals surface area contributed by atoms with Crippen LogP contribution in [-0.2, 0) is 15.1 Å². The fourth-order valence-corrected chi connectivity index (χ4v) is 6.28. The first kappa shape index (κ1) is 31.9. The van der Waals surface area contributed by atoms with Crippen LogP contribution in [-0.4, -0.2) is 58.0 Å². The maximum absolute atomic E-state index is 16.6. The van der Waals surface area contributed by atoms with Gasteiger partial charge in [-0.1, -0.05) is 72.8 Å². The fourth-order valence-electron chi connectivity index (χ4n) is 6.28. The van der Waals surface area contributed by atoms with Gasteiger partial charge in [-0.2, -0.15) is 0 Å². The van der Waals surface area contributed by atoms with Crippen molar-refractivity contribution in [2.24, 2.45) is 0 Å². The second kappa shape index (κ2) is 13.5. The Morgan fingerprint density at radius 3 is 1.96 bits per heavy atom. The van der Waals surface area contributed by atoms with E-state index in [9.17, 15) is 4.79 Å². The molecule has 6 aromatic rings. The predicted octanol–water partition coefficient (Wildman–Crippen LogP) is 6.73. The highest BCUT2D eigenvalue weighted by atomic mass is 19.1. The molecule has 1 N–H and O–H groups in total. The number of fused-ring (bicyclic) bond motifs is 1. The number of amides is 1. The van der Waals surface area contributed by atoms with Crippen molar-refractivity contribution in [3.05, 3.63) is 144 Å². The standard InChI is InChI=1S/C38H34FN5O5/c1-24-31(39)33(37(48-24)44-23-42-32-34(40-22-41-35(32)44)43-36(45)25-10-6-4-7-11-25)49-38(26-12-8-5-9-13-26,27-14-18-29(46-2)19-15-27)28-16-20-30(47-3)21-17-28/h4-24,31,33,37H,1-3H3,(H,40,41,43,45)/t24-,31+,33-,37-/m1/s1. The molecule has 2 aromatic heterocycles. The third-order valence-electron chi connectivity index (χ3n) is 8.78. The molecule has 4 atom stereocenters. The van der Waals surface area contributed by atoms with Gasteiger partial charge in [-0.3, -0.25) is 9.36 Å². The third kappa shape index (κ3) is 5.87. The molecule has 0 saturated carbocycles. The van der Waals surface area contributed by atoms with Crippen molar-refractivity contribution in [1.29, 1.82) is 0 Å². The van der Waals surface area contributed by atoms with Crippen molar-refractivity contribution < 1.29 is 28.1 Å². The van der Waals surface area contributed by atoms with E-state index in [4.69, 9.17) is 18.9 Å². The Hall–Kier alpha value is -5.65. The summed E-state index contributed by atoms with van der Waals surface area (Å²) in [6.07, 6.45) is -1.66. The molecule has 1 saturated heterocycles. The summed E-state index contributed by atoms with van der Waals surface area (Å²) in [6, 6.07) is 33.5. The molecule has 0 radical (unpaired) electrons. The summed E-state index contributed by atoms with van der Waals surface area (Å²) in [5, 5.41) is 2.82. The molecule has 7 rings (SSSR count). The molecule has 1 aliphatic rings. The van der Waals surface area contributed by atoms with Crippen molar-refractivity contribution in [2.75, 3.05) is 19.5 Å². The smallest absolute Gasteiger partial charge is 0.256 e. The van der Waals surface area contributed by atoms with Crippen LogP contribution in [0.5, 0.6) is 11.5 Å². The average Bonchev–Trinajstić information content (AvgIpc) is 3.71. The van der Waals surface area contributed by atoms with Crippen LogP contribution in [0.2, 0.25) is 0 Å². The van der Waals surface area contributed by atoms with Crippen molar-refractivity contribution in [3.63, 3.8) is 0 Å². The minimum atomic E-state index is -1.54. The average molecular weight is 660 g/mol. The highest BCUT2D eigenvalue weighted by Gasteiger charge is 2.51. The minimum absolute atomic E-state index is 0.216. The van der Waals surface area contributed by atoms with E-state index in [2.05, 4.69) is 20.3 Å². The molecular formula is C38H34FN5O5. The van der Waals surface area contributed by atoms with Gasteiger partial charge in [0.1, 0.15) is 29.5 Å². The van der Waals surface area contributed by atoms with E-state index >= 15 is 4.39 Å². The van der Waals surface area contributed by atoms with Crippen molar-refractivity contribution >= 4 is 22.9 Å². The zero-order chi connectivity index (χ0) is 34.0. The van der Waals surface area contributed by atoms with Gasteiger partial charge in [0, 0.05) is 5.56 Å². The molecule has 4 aromatic carbocycles. The number of hydrogen-bond donors (Lipinski definition) is 1. The molecule has 1 aliphatic heterocycles. The number of rotatable bonds is 10. The van der Waals surface area contributed by atoms with Crippen LogP contribution >= 0.6 is 0 Å². The normalized spacial score (nSPS) is 19.1. The first-order valence-corrected chi connectivity index (χ1v) is 15.8. The van der Waals surface area contributed by atoms with Gasteiger partial charge >= 0.3 is 0 Å². The van der Waals surface area contributed by atoms with E-state index in [-0.39, 0.29) is 11.7 Å². The van der Waals surface area contributed by atoms with Gasteiger partial charge in [0.05, 0.1) is 26.7 Å². The Labute approximate surface area is 282 Å². The van der Waals surface area contributed by atoms with E-state index in [1.807, 2.05) is 84.9 Å². The van der Waals surface area contributed by atoms with Gasteiger partial charge < -0.3 is 24.3 Å². The topological polar surface area (TPSA) is 110 Å². The van der Waals surface area contributed by atoms with E-state index in [0.29, 0.717) is 28.2 Å². The van der Waals surface area contributed by atoms with E-state index in [1.165, 1.54) is 12.7 Å². The molecule has 49 heavy (non-hydrogen) atoms. The molecule has 0 unspecified atom stereocenters. The van der Waals surface area contributed by atoms with Gasteiger partial charge in [-0.15, -0.1) is 0 Å². The highest BCUT2D eigenvalue weighted by molar-refractivity contribution is 6.06. The molecule has 10 nitrogen and oxygen atoms in total. The van der Waals surface area contributed by atoms with Gasteiger partial charge in [0.25, 0.3) is 5.91 Å². The number of benzene rings is 4. The zero-order valence-electron chi connectivity index (χ0n) is 27.1. The summed E-state index contributed by atoms with van der Waals surface area (Å²) in [5.41, 5.74) is 2.10. The van der Waals surface area contributed by atoms with Crippen LogP contribution in [0.1, 0.15) is 40.2 Å². The minimum Gasteiger partial charge on any atom is -0.497 e. The second-order valence-corrected chi connectivity index (χ2v) is 11.6. The third-order valence-corrected chi connectivity index (χ3v) is 8.78. The summed E-state index contributed by atoms with van der Waals surface area (Å²) in [6.45, 7) is 1.67. The highest BCUT2D eigenvalue weighted by Crippen LogP contribution is 2.47. The SMILES string of the molecule is COc1ccc(C(O[C@@H]2[C@@H](F)[C@@H](C)O[C@H]2n2cnc3c(NC(=O)c4ccccc4)ncnc32)(c2ccccc2)c2ccc(OC)cc2)cc1. The number of hydrogen-bond acceptors (Lipinski definition) is 8. The molecule has 0 spiro atoms. The second-order valence-electron chi connectivity index (χ2n) is 11.6. The number of imidazole rings is 1. The summed E-state index contributed by atoms with van der Waals surface area (Å²) in [4.78, 5) is 26.3. The Bertz CT molecular complexity index is 1990. The maximum Gasteiger partial charge on any atom is 0.256 e. The number of ether oxygens (including phenoxy) is 4. The number of anilines is 1. The largest absolute Gasteiger partial charge is 0.497 e. The lowest BCUT2D eigenvalue weighted by atomic mass is 9.79. The predicted molar refractivity (Wildman–Crippen MR) is 181 cm³/mol. The molecule has 1 amide bonds. The lowest BCUT2D eigenvalue weighted by Gasteiger charge is -2.39. The Morgan fingerprint density at radius 1 is 0.796 bits per heavy atom. The van der Waals surface area contributed by atoms with Gasteiger partial charge in [-0.25, -0.2) is 19.3 Å². The van der Waals surface area contributed by atoms with E-state index in [1.54, 1.807) is 50.0 Å². The molecule has 11 heteroatoms. The lowest BCUT2D eigenvalue weighted by molar-refractivity contribution is -0.114. The van der Waals surface area contributed by atoms with Crippen molar-refractivity contribution in [1.82, 2.24) is 19.5 Å². The number of carbonyl (C=O) groups is 1. The molecule has 248 valence electrons. The monoisotopic (exact) mass is 659 g/mol.